The van der Waals surface area contributed by atoms with Crippen LogP contribution in [0.1, 0.15) is 18.3 Å². The first kappa shape index (κ1) is 19.7. The summed E-state index contributed by atoms with van der Waals surface area (Å²) in [6, 6.07) is 13.7. The Hall–Kier alpha value is -3.23. The van der Waals surface area contributed by atoms with Gasteiger partial charge < -0.3 is 19.0 Å². The molecule has 0 saturated heterocycles. The lowest BCUT2D eigenvalue weighted by Crippen LogP contribution is -1.97. The molecule has 5 rings (SSSR count). The number of methoxy groups -OCH3 is 1. The average Bonchev–Trinajstić information content (AvgIpc) is 3.40. The third kappa shape index (κ3) is 3.68. The highest BCUT2D eigenvalue weighted by atomic mass is 79.9. The molecule has 0 bridgehead atoms. The summed E-state index contributed by atoms with van der Waals surface area (Å²) in [5.41, 5.74) is 3.40. The number of H-pyrrole nitrogens is 1. The summed E-state index contributed by atoms with van der Waals surface area (Å²) in [5.74, 6) is 2.54. The molecule has 0 aliphatic heterocycles. The maximum Gasteiger partial charge on any atom is 0.276 e. The van der Waals surface area contributed by atoms with Crippen LogP contribution in [0.3, 0.4) is 0 Å². The highest BCUT2D eigenvalue weighted by Crippen LogP contribution is 2.36. The summed E-state index contributed by atoms with van der Waals surface area (Å²) in [4.78, 5) is 12.5. The molecule has 0 radical (unpaired) electrons. The molecule has 1 N–H and O–H groups in total. The van der Waals surface area contributed by atoms with Gasteiger partial charge in [0.05, 0.1) is 18.3 Å². The van der Waals surface area contributed by atoms with Crippen molar-refractivity contribution in [2.75, 3.05) is 7.11 Å². The molecule has 0 amide bonds. The number of aryl methyl sites for hydroxylation is 1. The minimum atomic E-state index is 0.355. The van der Waals surface area contributed by atoms with Gasteiger partial charge in [-0.25, -0.2) is 4.98 Å². The molecule has 7 nitrogen and oxygen atoms in total. The monoisotopic (exact) mass is 478 g/mol. The van der Waals surface area contributed by atoms with Crippen LogP contribution in [0, 0.1) is 0 Å². The van der Waals surface area contributed by atoms with Gasteiger partial charge >= 0.3 is 0 Å². The summed E-state index contributed by atoms with van der Waals surface area (Å²) in [5, 5.41) is 6.02. The molecule has 0 unspecified atom stereocenters. The van der Waals surface area contributed by atoms with Gasteiger partial charge in [-0.3, -0.25) is 0 Å². The van der Waals surface area contributed by atoms with Gasteiger partial charge in [-0.2, -0.15) is 4.98 Å². The van der Waals surface area contributed by atoms with E-state index in [9.17, 15) is 0 Å². The van der Waals surface area contributed by atoms with E-state index in [1.165, 1.54) is 0 Å². The zero-order valence-corrected chi connectivity index (χ0v) is 18.6. The number of nitrogens with zero attached hydrogens (tertiary/aromatic N) is 3. The van der Waals surface area contributed by atoms with Crippen LogP contribution in [-0.4, -0.2) is 27.2 Å². The molecule has 0 aliphatic rings. The number of hydrogen-bond acceptors (Lipinski definition) is 6. The Morgan fingerprint density at radius 1 is 1.06 bits per heavy atom. The Labute approximate surface area is 186 Å². The van der Waals surface area contributed by atoms with Crippen molar-refractivity contribution >= 4 is 37.7 Å². The minimum Gasteiger partial charge on any atom is -0.457 e. The van der Waals surface area contributed by atoms with Gasteiger partial charge in [0, 0.05) is 39.9 Å². The van der Waals surface area contributed by atoms with Crippen molar-refractivity contribution in [2.45, 2.75) is 20.0 Å². The third-order valence-corrected chi connectivity index (χ3v) is 5.56. The second-order valence-electron chi connectivity index (χ2n) is 7.06. The first-order valence-electron chi connectivity index (χ1n) is 9.85. The van der Waals surface area contributed by atoms with Crippen molar-refractivity contribution in [1.29, 1.82) is 0 Å². The second kappa shape index (κ2) is 8.13. The van der Waals surface area contributed by atoms with Crippen LogP contribution in [0.15, 0.2) is 57.7 Å². The summed E-state index contributed by atoms with van der Waals surface area (Å²) >= 11 is 3.45. The van der Waals surface area contributed by atoms with Gasteiger partial charge in [0.1, 0.15) is 17.2 Å². The number of fused-ring (bicyclic) bond motifs is 3. The average molecular weight is 479 g/mol. The van der Waals surface area contributed by atoms with Crippen molar-refractivity contribution in [3.05, 3.63) is 64.5 Å². The van der Waals surface area contributed by atoms with Crippen LogP contribution in [0.5, 0.6) is 11.5 Å². The molecule has 0 aliphatic carbocycles. The second-order valence-corrected chi connectivity index (χ2v) is 7.98. The van der Waals surface area contributed by atoms with Crippen molar-refractivity contribution in [3.8, 4) is 23.1 Å². The Morgan fingerprint density at radius 2 is 1.87 bits per heavy atom. The Balaban J connectivity index is 1.66. The van der Waals surface area contributed by atoms with E-state index in [1.54, 1.807) is 13.3 Å². The number of hydrogen-bond donors (Lipinski definition) is 1. The van der Waals surface area contributed by atoms with Crippen LogP contribution >= 0.6 is 15.9 Å². The van der Waals surface area contributed by atoms with E-state index in [-0.39, 0.29) is 0 Å². The number of rotatable bonds is 6. The van der Waals surface area contributed by atoms with Crippen molar-refractivity contribution in [3.63, 3.8) is 0 Å². The quantitative estimate of drug-likeness (QED) is 0.320. The Bertz CT molecular complexity index is 1380. The number of ether oxygens (including phenoxy) is 2. The molecule has 0 fully saturated rings. The summed E-state index contributed by atoms with van der Waals surface area (Å²) in [7, 11) is 1.66. The Kier molecular flexibility index (Phi) is 5.17. The highest BCUT2D eigenvalue weighted by molar-refractivity contribution is 9.10. The summed E-state index contributed by atoms with van der Waals surface area (Å²) < 4.78 is 18.0. The normalized spacial score (nSPS) is 11.5. The topological polar surface area (TPSA) is 86.1 Å². The zero-order valence-electron chi connectivity index (χ0n) is 17.0. The minimum absolute atomic E-state index is 0.355. The van der Waals surface area contributed by atoms with Crippen LogP contribution < -0.4 is 4.74 Å². The lowest BCUT2D eigenvalue weighted by molar-refractivity contribution is 0.186. The predicted molar refractivity (Wildman–Crippen MR) is 121 cm³/mol. The number of nitrogens with one attached hydrogen (secondary N) is 1. The fourth-order valence-electron chi connectivity index (χ4n) is 3.60. The SMILES string of the molecule is CCc1noc(-c2ncc3[nH]c4ccc(Oc5ccc(Br)cc5)cc4c3c2COC)n1. The smallest absolute Gasteiger partial charge is 0.276 e. The number of aromatic amines is 1. The fourth-order valence-corrected chi connectivity index (χ4v) is 3.87. The molecule has 8 heteroatoms. The van der Waals surface area contributed by atoms with Gasteiger partial charge in [0.25, 0.3) is 5.89 Å². The van der Waals surface area contributed by atoms with Gasteiger partial charge in [0.15, 0.2) is 5.82 Å². The number of pyridine rings is 1. The van der Waals surface area contributed by atoms with Gasteiger partial charge in [-0.1, -0.05) is 28.0 Å². The predicted octanol–water partition coefficient (Wildman–Crippen LogP) is 6.03. The number of halogens is 1. The van der Waals surface area contributed by atoms with Crippen molar-refractivity contribution in [2.24, 2.45) is 0 Å². The third-order valence-electron chi connectivity index (χ3n) is 5.03. The van der Waals surface area contributed by atoms with E-state index < -0.39 is 0 Å². The van der Waals surface area contributed by atoms with E-state index in [1.807, 2.05) is 49.4 Å². The maximum atomic E-state index is 6.07. The van der Waals surface area contributed by atoms with Gasteiger partial charge in [-0.15, -0.1) is 0 Å². The molecule has 5 aromatic rings. The van der Waals surface area contributed by atoms with E-state index in [0.717, 1.165) is 43.3 Å². The molecule has 31 heavy (non-hydrogen) atoms. The number of benzene rings is 2. The van der Waals surface area contributed by atoms with Gasteiger partial charge in [-0.05, 0) is 42.5 Å². The fraction of sp³-hybridized carbons (Fsp3) is 0.174. The standard InChI is InChI=1S/C23H19BrN4O3/c1-3-20-27-23(31-28-20)22-17(12-29-2)21-16-10-15(30-14-6-4-13(24)5-7-14)8-9-18(16)26-19(21)11-25-22/h4-11,26H,3,12H2,1-2H3. The van der Waals surface area contributed by atoms with Crippen LogP contribution in [0.4, 0.5) is 0 Å². The van der Waals surface area contributed by atoms with E-state index >= 15 is 0 Å². The lowest BCUT2D eigenvalue weighted by atomic mass is 10.1. The molecule has 0 atom stereocenters. The van der Waals surface area contributed by atoms with Crippen molar-refractivity contribution in [1.82, 2.24) is 20.1 Å². The van der Waals surface area contributed by atoms with Crippen molar-refractivity contribution < 1.29 is 14.0 Å². The molecule has 2 aromatic carbocycles. The molecule has 3 heterocycles. The Morgan fingerprint density at radius 3 is 2.61 bits per heavy atom. The molecule has 156 valence electrons. The summed E-state index contributed by atoms with van der Waals surface area (Å²) in [6.07, 6.45) is 2.48. The zero-order chi connectivity index (χ0) is 21.4. The van der Waals surface area contributed by atoms with Crippen LogP contribution in [0.2, 0.25) is 0 Å². The van der Waals surface area contributed by atoms with E-state index in [0.29, 0.717) is 30.4 Å². The first-order chi connectivity index (χ1) is 15.2. The number of aromatic nitrogens is 4. The molecule has 0 spiro atoms. The highest BCUT2D eigenvalue weighted by Gasteiger charge is 2.20. The summed E-state index contributed by atoms with van der Waals surface area (Å²) in [6.45, 7) is 2.34. The first-order valence-corrected chi connectivity index (χ1v) is 10.6. The molecule has 0 saturated carbocycles. The molecular formula is C23H19BrN4O3. The maximum absolute atomic E-state index is 6.07. The van der Waals surface area contributed by atoms with Crippen LogP contribution in [0.25, 0.3) is 33.4 Å². The van der Waals surface area contributed by atoms with E-state index in [4.69, 9.17) is 14.0 Å². The lowest BCUT2D eigenvalue weighted by Gasteiger charge is -2.08. The molecule has 3 aromatic heterocycles. The van der Waals surface area contributed by atoms with E-state index in [2.05, 4.69) is 36.0 Å². The largest absolute Gasteiger partial charge is 0.457 e. The van der Waals surface area contributed by atoms with Crippen LogP contribution in [-0.2, 0) is 17.8 Å². The molecular weight excluding hydrogens is 460 g/mol. The van der Waals surface area contributed by atoms with Gasteiger partial charge in [0.2, 0.25) is 0 Å².